The first kappa shape index (κ1) is 26.9. The van der Waals surface area contributed by atoms with E-state index in [1.54, 1.807) is 12.1 Å². The molecule has 0 aliphatic carbocycles. The van der Waals surface area contributed by atoms with Gasteiger partial charge in [-0.05, 0) is 44.0 Å². The Bertz CT molecular complexity index is 1140. The fraction of sp³-hybridized carbons (Fsp3) is 0.481. The van der Waals surface area contributed by atoms with E-state index < -0.39 is 5.97 Å². The van der Waals surface area contributed by atoms with E-state index >= 15 is 0 Å². The van der Waals surface area contributed by atoms with Crippen LogP contribution in [0, 0.1) is 0 Å². The second-order valence-electron chi connectivity index (χ2n) is 9.11. The number of ketones is 1. The number of rotatable bonds is 10. The Labute approximate surface area is 221 Å². The van der Waals surface area contributed by atoms with E-state index in [9.17, 15) is 9.59 Å². The van der Waals surface area contributed by atoms with Crippen molar-refractivity contribution in [1.82, 2.24) is 4.90 Å². The number of esters is 1. The molecule has 37 heavy (non-hydrogen) atoms. The summed E-state index contributed by atoms with van der Waals surface area (Å²) in [4.78, 5) is 27.9. The zero-order valence-electron chi connectivity index (χ0n) is 21.4. The summed E-state index contributed by atoms with van der Waals surface area (Å²) in [6, 6.07) is 4.89. The van der Waals surface area contributed by atoms with Gasteiger partial charge >= 0.3 is 5.97 Å². The molecule has 4 rings (SSSR count). The van der Waals surface area contributed by atoms with Crippen LogP contribution in [-0.2, 0) is 11.2 Å². The van der Waals surface area contributed by atoms with Crippen LogP contribution < -0.4 is 24.7 Å². The van der Waals surface area contributed by atoms with Gasteiger partial charge in [-0.25, -0.2) is 4.79 Å². The molecule has 2 aromatic carbocycles. The number of hydrogen-bond acceptors (Lipinski definition) is 9. The number of fused-ring (bicyclic) bond motifs is 1. The van der Waals surface area contributed by atoms with Crippen LogP contribution in [-0.4, -0.2) is 70.3 Å². The molecule has 2 heterocycles. The lowest BCUT2D eigenvalue weighted by molar-refractivity contribution is 0.0109. The first-order chi connectivity index (χ1) is 17.9. The maximum atomic E-state index is 12.9. The van der Waals surface area contributed by atoms with Gasteiger partial charge in [-0.15, -0.1) is 0 Å². The molecular weight excluding hydrogens is 500 g/mol. The third-order valence-corrected chi connectivity index (χ3v) is 7.18. The molecule has 0 saturated carbocycles. The van der Waals surface area contributed by atoms with Crippen LogP contribution in [0.3, 0.4) is 0 Å². The summed E-state index contributed by atoms with van der Waals surface area (Å²) in [7, 11) is 4.58. The Balaban J connectivity index is 1.25. The van der Waals surface area contributed by atoms with Crippen molar-refractivity contribution >= 4 is 29.0 Å². The van der Waals surface area contributed by atoms with Gasteiger partial charge in [-0.3, -0.25) is 4.79 Å². The highest BCUT2D eigenvalue weighted by Crippen LogP contribution is 2.40. The van der Waals surface area contributed by atoms with E-state index in [0.717, 1.165) is 38.0 Å². The molecule has 0 spiro atoms. The quantitative estimate of drug-likeness (QED) is 0.274. The molecular formula is C27H33ClN2O7. The molecule has 2 aliphatic rings. The molecule has 9 nitrogen and oxygen atoms in total. The van der Waals surface area contributed by atoms with Crippen LogP contribution in [0.1, 0.15) is 52.0 Å². The van der Waals surface area contributed by atoms with Crippen molar-refractivity contribution in [2.75, 3.05) is 53.3 Å². The molecule has 1 fully saturated rings. The number of benzene rings is 2. The number of hydrogen-bond donors (Lipinski definition) is 1. The summed E-state index contributed by atoms with van der Waals surface area (Å²) in [6.07, 6.45) is 3.00. The molecule has 0 unspecified atom stereocenters. The lowest BCUT2D eigenvalue weighted by atomic mass is 10.0. The Morgan fingerprint density at radius 3 is 2.38 bits per heavy atom. The third-order valence-electron chi connectivity index (χ3n) is 6.86. The van der Waals surface area contributed by atoms with Gasteiger partial charge in [0.1, 0.15) is 17.4 Å². The van der Waals surface area contributed by atoms with Crippen LogP contribution in [0.25, 0.3) is 0 Å². The summed E-state index contributed by atoms with van der Waals surface area (Å²) in [5, 5.41) is 0.340. The van der Waals surface area contributed by atoms with E-state index in [4.69, 9.17) is 41.0 Å². The number of nitrogens with two attached hydrogens (primary N) is 1. The van der Waals surface area contributed by atoms with Crippen LogP contribution in [0.15, 0.2) is 18.2 Å². The number of anilines is 1. The van der Waals surface area contributed by atoms with Crippen molar-refractivity contribution in [2.24, 2.45) is 0 Å². The molecule has 0 aromatic heterocycles. The summed E-state index contributed by atoms with van der Waals surface area (Å²) < 4.78 is 27.4. The second kappa shape index (κ2) is 11.9. The van der Waals surface area contributed by atoms with Gasteiger partial charge in [0, 0.05) is 37.1 Å². The lowest BCUT2D eigenvalue weighted by Crippen LogP contribution is -2.38. The van der Waals surface area contributed by atoms with Crippen LogP contribution >= 0.6 is 11.6 Å². The Hall–Kier alpha value is -3.17. The molecule has 0 radical (unpaired) electrons. The number of carbonyl (C=O) groups excluding carboxylic acids is 2. The smallest absolute Gasteiger partial charge is 0.342 e. The fourth-order valence-electron chi connectivity index (χ4n) is 4.83. The van der Waals surface area contributed by atoms with Gasteiger partial charge in [0.2, 0.25) is 5.75 Å². The number of methoxy groups -OCH3 is 3. The van der Waals surface area contributed by atoms with Gasteiger partial charge < -0.3 is 34.3 Å². The largest absolute Gasteiger partial charge is 0.493 e. The van der Waals surface area contributed by atoms with Crippen molar-refractivity contribution in [3.05, 3.63) is 39.9 Å². The van der Waals surface area contributed by atoms with Crippen molar-refractivity contribution in [3.8, 4) is 23.0 Å². The minimum absolute atomic E-state index is 0.0139. The monoisotopic (exact) mass is 532 g/mol. The number of nitrogen functional groups attached to an aromatic ring is 1. The number of Topliss-reactive ketones (excluding diaryl/α,β-unsaturated/α-hetero) is 1. The predicted molar refractivity (Wildman–Crippen MR) is 140 cm³/mol. The minimum Gasteiger partial charge on any atom is -0.493 e. The molecule has 2 aromatic rings. The topological polar surface area (TPSA) is 110 Å². The lowest BCUT2D eigenvalue weighted by Gasteiger charge is -2.31. The average Bonchev–Trinajstić information content (AvgIpc) is 3.41. The third kappa shape index (κ3) is 5.88. The molecule has 2 N–H and O–H groups in total. The number of nitrogens with zero attached hydrogens (tertiary/aromatic N) is 1. The molecule has 0 bridgehead atoms. The van der Waals surface area contributed by atoms with Crippen molar-refractivity contribution in [3.63, 3.8) is 0 Å². The number of likely N-dealkylation sites (tertiary alicyclic amines) is 1. The Morgan fingerprint density at radius 1 is 1.08 bits per heavy atom. The summed E-state index contributed by atoms with van der Waals surface area (Å²) in [5.41, 5.74) is 8.12. The summed E-state index contributed by atoms with van der Waals surface area (Å²) in [6.45, 7) is 2.83. The van der Waals surface area contributed by atoms with E-state index in [-0.39, 0.29) is 11.9 Å². The van der Waals surface area contributed by atoms with Crippen LogP contribution in [0.2, 0.25) is 5.02 Å². The number of halogens is 1. The minimum atomic E-state index is -0.436. The zero-order valence-corrected chi connectivity index (χ0v) is 22.2. The highest BCUT2D eigenvalue weighted by atomic mass is 35.5. The first-order valence-electron chi connectivity index (χ1n) is 12.4. The molecule has 0 atom stereocenters. The SMILES string of the molecule is COc1cc(C(=O)CCCN2CCC(OC(=O)c3cc(Cl)c(N)c4c3OCC4)CC2)cc(OC)c1OC. The first-order valence-corrected chi connectivity index (χ1v) is 12.7. The number of carbonyl (C=O) groups is 2. The number of piperidine rings is 1. The summed E-state index contributed by atoms with van der Waals surface area (Å²) >= 11 is 6.22. The molecule has 1 saturated heterocycles. The van der Waals surface area contributed by atoms with Gasteiger partial charge in [-0.1, -0.05) is 11.6 Å². The zero-order chi connectivity index (χ0) is 26.5. The maximum absolute atomic E-state index is 12.9. The van der Waals surface area contributed by atoms with Crippen molar-refractivity contribution in [1.29, 1.82) is 0 Å². The predicted octanol–water partition coefficient (Wildman–Crippen LogP) is 4.17. The summed E-state index contributed by atoms with van der Waals surface area (Å²) in [5.74, 6) is 1.44. The molecule has 200 valence electrons. The second-order valence-corrected chi connectivity index (χ2v) is 9.52. The van der Waals surface area contributed by atoms with Crippen molar-refractivity contribution < 1.29 is 33.3 Å². The fourth-order valence-corrected chi connectivity index (χ4v) is 5.06. The van der Waals surface area contributed by atoms with Crippen LogP contribution in [0.5, 0.6) is 23.0 Å². The van der Waals surface area contributed by atoms with E-state index in [2.05, 4.69) is 4.90 Å². The maximum Gasteiger partial charge on any atom is 0.342 e. The average molecular weight is 533 g/mol. The van der Waals surface area contributed by atoms with E-state index in [1.165, 1.54) is 27.4 Å². The Kier molecular flexibility index (Phi) is 8.66. The Morgan fingerprint density at radius 2 is 1.76 bits per heavy atom. The normalized spacial score (nSPS) is 15.6. The standard InChI is InChI=1S/C27H33ClN2O7/c1-33-22-13-16(14-23(34-2)26(22)35-3)21(31)5-4-9-30-10-6-17(7-11-30)37-27(32)19-15-20(28)24(29)18-8-12-36-25(18)19/h13-15,17H,4-12,29H2,1-3H3. The number of ether oxygens (including phenoxy) is 5. The van der Waals surface area contributed by atoms with Crippen molar-refractivity contribution in [2.45, 2.75) is 38.2 Å². The highest BCUT2D eigenvalue weighted by molar-refractivity contribution is 6.33. The molecule has 2 aliphatic heterocycles. The van der Waals surface area contributed by atoms with E-state index in [0.29, 0.717) is 70.7 Å². The van der Waals surface area contributed by atoms with Crippen LogP contribution in [0.4, 0.5) is 5.69 Å². The highest BCUT2D eigenvalue weighted by Gasteiger charge is 2.29. The van der Waals surface area contributed by atoms with Gasteiger partial charge in [-0.2, -0.15) is 0 Å². The van der Waals surface area contributed by atoms with Gasteiger partial charge in [0.05, 0.1) is 38.6 Å². The van der Waals surface area contributed by atoms with Gasteiger partial charge in [0.25, 0.3) is 0 Å². The molecule has 10 heteroatoms. The van der Waals surface area contributed by atoms with E-state index in [1.807, 2.05) is 0 Å². The molecule has 0 amide bonds. The van der Waals surface area contributed by atoms with Gasteiger partial charge in [0.15, 0.2) is 17.3 Å².